The van der Waals surface area contributed by atoms with Crippen LogP contribution in [-0.2, 0) is 17.8 Å². The minimum Gasteiger partial charge on any atom is -0.469 e. The minimum atomic E-state index is 0.0357. The number of furan rings is 1. The lowest BCUT2D eigenvalue weighted by atomic mass is 10.2. The molecule has 0 aliphatic carbocycles. The third-order valence-corrected chi connectivity index (χ3v) is 2.40. The maximum absolute atomic E-state index is 11.5. The van der Waals surface area contributed by atoms with Crippen LogP contribution >= 0.6 is 0 Å². The van der Waals surface area contributed by atoms with E-state index < -0.39 is 0 Å². The Kier molecular flexibility index (Phi) is 3.96. The highest BCUT2D eigenvalue weighted by Crippen LogP contribution is 2.02. The number of aromatic nitrogens is 2. The summed E-state index contributed by atoms with van der Waals surface area (Å²) in [5.41, 5.74) is 0. The van der Waals surface area contributed by atoms with Gasteiger partial charge >= 0.3 is 0 Å². The van der Waals surface area contributed by atoms with E-state index >= 15 is 0 Å². The Morgan fingerprint density at radius 2 is 2.41 bits per heavy atom. The Balaban J connectivity index is 1.61. The molecule has 0 radical (unpaired) electrons. The zero-order valence-corrected chi connectivity index (χ0v) is 9.50. The first-order valence-electron chi connectivity index (χ1n) is 5.61. The van der Waals surface area contributed by atoms with Crippen molar-refractivity contribution in [2.45, 2.75) is 19.4 Å². The van der Waals surface area contributed by atoms with Crippen molar-refractivity contribution in [2.75, 3.05) is 6.54 Å². The number of carbonyl (C=O) groups excluding carboxylic acids is 1. The fourth-order valence-electron chi connectivity index (χ4n) is 1.52. The van der Waals surface area contributed by atoms with Crippen LogP contribution in [-0.4, -0.2) is 22.2 Å². The predicted molar refractivity (Wildman–Crippen MR) is 62.3 cm³/mol. The van der Waals surface area contributed by atoms with Crippen molar-refractivity contribution in [3.63, 3.8) is 0 Å². The molecule has 0 aromatic carbocycles. The number of amides is 1. The number of rotatable bonds is 6. The molecule has 1 amide bonds. The Morgan fingerprint density at radius 1 is 1.47 bits per heavy atom. The quantitative estimate of drug-likeness (QED) is 0.816. The summed E-state index contributed by atoms with van der Waals surface area (Å²) in [4.78, 5) is 11.5. The van der Waals surface area contributed by atoms with Gasteiger partial charge in [0.05, 0.1) is 12.8 Å². The van der Waals surface area contributed by atoms with Gasteiger partial charge in [-0.25, -0.2) is 0 Å². The molecule has 0 saturated carbocycles. The van der Waals surface area contributed by atoms with E-state index in [4.69, 9.17) is 4.42 Å². The monoisotopic (exact) mass is 233 g/mol. The van der Waals surface area contributed by atoms with Crippen LogP contribution in [0.1, 0.15) is 12.2 Å². The first kappa shape index (κ1) is 11.4. The van der Waals surface area contributed by atoms with Crippen LogP contribution in [0.2, 0.25) is 0 Å². The maximum Gasteiger partial charge on any atom is 0.220 e. The van der Waals surface area contributed by atoms with Gasteiger partial charge in [-0.3, -0.25) is 9.48 Å². The second kappa shape index (κ2) is 5.89. The van der Waals surface area contributed by atoms with Crippen molar-refractivity contribution in [3.05, 3.63) is 42.6 Å². The fraction of sp³-hybridized carbons (Fsp3) is 0.333. The van der Waals surface area contributed by atoms with Crippen LogP contribution in [0.4, 0.5) is 0 Å². The minimum absolute atomic E-state index is 0.0357. The van der Waals surface area contributed by atoms with Crippen LogP contribution in [0.25, 0.3) is 0 Å². The number of nitrogens with one attached hydrogen (secondary N) is 1. The van der Waals surface area contributed by atoms with Crippen LogP contribution < -0.4 is 5.32 Å². The lowest BCUT2D eigenvalue weighted by molar-refractivity contribution is -0.121. The van der Waals surface area contributed by atoms with E-state index in [1.54, 1.807) is 17.1 Å². The van der Waals surface area contributed by atoms with E-state index in [-0.39, 0.29) is 5.91 Å². The third-order valence-electron chi connectivity index (χ3n) is 2.40. The van der Waals surface area contributed by atoms with Crippen LogP contribution in [0.5, 0.6) is 0 Å². The van der Waals surface area contributed by atoms with E-state index in [1.165, 1.54) is 0 Å². The van der Waals surface area contributed by atoms with Gasteiger partial charge in [0.15, 0.2) is 0 Å². The van der Waals surface area contributed by atoms with Crippen molar-refractivity contribution in [2.24, 2.45) is 0 Å². The van der Waals surface area contributed by atoms with Gasteiger partial charge in [-0.2, -0.15) is 5.10 Å². The van der Waals surface area contributed by atoms with Crippen molar-refractivity contribution >= 4 is 5.91 Å². The molecule has 0 fully saturated rings. The summed E-state index contributed by atoms with van der Waals surface area (Å²) in [6.45, 7) is 1.29. The summed E-state index contributed by atoms with van der Waals surface area (Å²) in [6.07, 6.45) is 6.30. The van der Waals surface area contributed by atoms with Gasteiger partial charge in [0.2, 0.25) is 5.91 Å². The van der Waals surface area contributed by atoms with E-state index in [2.05, 4.69) is 10.4 Å². The molecular formula is C12H15N3O2. The molecular weight excluding hydrogens is 218 g/mol. The van der Waals surface area contributed by atoms with Gasteiger partial charge in [0, 0.05) is 31.8 Å². The summed E-state index contributed by atoms with van der Waals surface area (Å²) in [5, 5.41) is 6.89. The topological polar surface area (TPSA) is 60.1 Å². The molecule has 0 saturated heterocycles. The highest BCUT2D eigenvalue weighted by atomic mass is 16.3. The smallest absolute Gasteiger partial charge is 0.220 e. The average Bonchev–Trinajstić information content (AvgIpc) is 2.99. The molecule has 5 nitrogen and oxygen atoms in total. The molecule has 2 heterocycles. The average molecular weight is 233 g/mol. The third kappa shape index (κ3) is 3.79. The molecule has 17 heavy (non-hydrogen) atoms. The van der Waals surface area contributed by atoms with Crippen molar-refractivity contribution in [3.8, 4) is 0 Å². The fourth-order valence-corrected chi connectivity index (χ4v) is 1.52. The predicted octanol–water partition coefficient (Wildman–Crippen LogP) is 1.23. The first-order chi connectivity index (χ1) is 8.34. The second-order valence-electron chi connectivity index (χ2n) is 3.70. The molecule has 90 valence electrons. The number of hydrogen-bond acceptors (Lipinski definition) is 3. The Hall–Kier alpha value is -2.04. The summed E-state index contributed by atoms with van der Waals surface area (Å²) < 4.78 is 6.94. The van der Waals surface area contributed by atoms with E-state index in [0.29, 0.717) is 25.9 Å². The Morgan fingerprint density at radius 3 is 3.12 bits per heavy atom. The molecule has 0 atom stereocenters. The van der Waals surface area contributed by atoms with Crippen LogP contribution in [0.15, 0.2) is 41.3 Å². The van der Waals surface area contributed by atoms with Gasteiger partial charge in [0.25, 0.3) is 0 Å². The van der Waals surface area contributed by atoms with E-state index in [1.807, 2.05) is 24.4 Å². The zero-order valence-electron chi connectivity index (χ0n) is 9.50. The first-order valence-corrected chi connectivity index (χ1v) is 5.61. The number of nitrogens with zero attached hydrogens (tertiary/aromatic N) is 2. The van der Waals surface area contributed by atoms with Gasteiger partial charge in [-0.1, -0.05) is 0 Å². The molecule has 5 heteroatoms. The lowest BCUT2D eigenvalue weighted by Crippen LogP contribution is -2.27. The molecule has 0 aliphatic rings. The number of aryl methyl sites for hydroxylation is 1. The molecule has 0 bridgehead atoms. The Bertz CT molecular complexity index is 434. The number of hydrogen-bond donors (Lipinski definition) is 1. The number of carbonyl (C=O) groups is 1. The zero-order chi connectivity index (χ0) is 11.9. The van der Waals surface area contributed by atoms with Gasteiger partial charge < -0.3 is 9.73 Å². The molecule has 2 aromatic rings. The van der Waals surface area contributed by atoms with E-state index in [0.717, 1.165) is 5.76 Å². The summed E-state index contributed by atoms with van der Waals surface area (Å²) in [7, 11) is 0. The highest BCUT2D eigenvalue weighted by molar-refractivity contribution is 5.75. The standard InChI is InChI=1S/C12H15N3O2/c16-12(5-4-11-3-1-10-17-11)13-7-9-15-8-2-6-14-15/h1-3,6,8,10H,4-5,7,9H2,(H,13,16). The highest BCUT2D eigenvalue weighted by Gasteiger charge is 2.03. The molecule has 1 N–H and O–H groups in total. The maximum atomic E-state index is 11.5. The second-order valence-corrected chi connectivity index (χ2v) is 3.70. The lowest BCUT2D eigenvalue weighted by Gasteiger charge is -2.04. The van der Waals surface area contributed by atoms with Crippen molar-refractivity contribution in [1.29, 1.82) is 0 Å². The SMILES string of the molecule is O=C(CCc1ccco1)NCCn1cccn1. The largest absolute Gasteiger partial charge is 0.469 e. The Labute approximate surface area is 99.4 Å². The summed E-state index contributed by atoms with van der Waals surface area (Å²) in [5.74, 6) is 0.876. The van der Waals surface area contributed by atoms with Crippen LogP contribution in [0.3, 0.4) is 0 Å². The van der Waals surface area contributed by atoms with E-state index in [9.17, 15) is 4.79 Å². The summed E-state index contributed by atoms with van der Waals surface area (Å²) >= 11 is 0. The van der Waals surface area contributed by atoms with Crippen molar-refractivity contribution < 1.29 is 9.21 Å². The van der Waals surface area contributed by atoms with Gasteiger partial charge in [0.1, 0.15) is 5.76 Å². The molecule has 2 aromatic heterocycles. The van der Waals surface area contributed by atoms with Gasteiger partial charge in [-0.15, -0.1) is 0 Å². The van der Waals surface area contributed by atoms with Crippen LogP contribution in [0, 0.1) is 0 Å². The molecule has 2 rings (SSSR count). The molecule has 0 aliphatic heterocycles. The van der Waals surface area contributed by atoms with Crippen molar-refractivity contribution in [1.82, 2.24) is 15.1 Å². The summed E-state index contributed by atoms with van der Waals surface area (Å²) in [6, 6.07) is 5.56. The molecule has 0 unspecified atom stereocenters. The normalized spacial score (nSPS) is 10.4. The van der Waals surface area contributed by atoms with Gasteiger partial charge in [-0.05, 0) is 18.2 Å². The molecule has 0 spiro atoms.